The van der Waals surface area contributed by atoms with Crippen LogP contribution in [-0.2, 0) is 12.4 Å². The lowest BCUT2D eigenvalue weighted by Crippen LogP contribution is -2.23. The Morgan fingerprint density at radius 3 is 2.81 bits per heavy atom. The van der Waals surface area contributed by atoms with Crippen molar-refractivity contribution in [2.75, 3.05) is 26.4 Å². The first-order valence-corrected chi connectivity index (χ1v) is 11.2. The third kappa shape index (κ3) is 5.72. The summed E-state index contributed by atoms with van der Waals surface area (Å²) < 4.78 is 1.80. The van der Waals surface area contributed by atoms with Gasteiger partial charge >= 0.3 is 0 Å². The van der Waals surface area contributed by atoms with Crippen molar-refractivity contribution in [1.82, 2.24) is 25.2 Å². The zero-order valence-electron chi connectivity index (χ0n) is 15.5. The normalized spacial score (nSPS) is 11.2. The highest BCUT2D eigenvalue weighted by molar-refractivity contribution is 8.76. The zero-order chi connectivity index (χ0) is 19.1. The van der Waals surface area contributed by atoms with Gasteiger partial charge in [0, 0.05) is 17.9 Å². The fourth-order valence-electron chi connectivity index (χ4n) is 2.54. The maximum atomic E-state index is 12.6. The van der Waals surface area contributed by atoms with Crippen molar-refractivity contribution >= 4 is 38.3 Å². The number of hydrogen-bond donors (Lipinski definition) is 1. The minimum absolute atomic E-state index is 0.102. The average molecular weight is 402 g/mol. The van der Waals surface area contributed by atoms with E-state index >= 15 is 0 Å². The standard InChI is InChI=1S/C19H23N5OS2/c1-23(2)10-11-26-27-14-24-13-16(21-22-24)12-20-19(25)18-9-5-7-15-6-3-4-8-17(15)18/h3-9,13H,10-12,14H2,1-2H3,(H,20,25). The van der Waals surface area contributed by atoms with Crippen molar-refractivity contribution < 1.29 is 4.79 Å². The quantitative estimate of drug-likeness (QED) is 0.439. The third-order valence-corrected chi connectivity index (χ3v) is 6.14. The number of aromatic nitrogens is 3. The summed E-state index contributed by atoms with van der Waals surface area (Å²) in [4.78, 5) is 14.7. The van der Waals surface area contributed by atoms with E-state index in [-0.39, 0.29) is 5.91 Å². The maximum absolute atomic E-state index is 12.6. The highest BCUT2D eigenvalue weighted by atomic mass is 33.1. The summed E-state index contributed by atoms with van der Waals surface area (Å²) in [6.07, 6.45) is 1.88. The van der Waals surface area contributed by atoms with E-state index in [9.17, 15) is 4.79 Å². The molecule has 0 saturated heterocycles. The van der Waals surface area contributed by atoms with Gasteiger partial charge in [0.1, 0.15) is 5.69 Å². The Morgan fingerprint density at radius 1 is 1.15 bits per heavy atom. The molecule has 27 heavy (non-hydrogen) atoms. The summed E-state index contributed by atoms with van der Waals surface area (Å²) in [6.45, 7) is 1.42. The fourth-order valence-corrected chi connectivity index (χ4v) is 4.53. The van der Waals surface area contributed by atoms with E-state index in [1.807, 2.05) is 59.5 Å². The minimum Gasteiger partial charge on any atom is -0.346 e. The summed E-state index contributed by atoms with van der Waals surface area (Å²) in [6, 6.07) is 13.6. The van der Waals surface area contributed by atoms with Crippen molar-refractivity contribution in [3.8, 4) is 0 Å². The highest BCUT2D eigenvalue weighted by Crippen LogP contribution is 2.22. The van der Waals surface area contributed by atoms with Gasteiger partial charge in [-0.05, 0) is 30.9 Å². The molecule has 0 atom stereocenters. The van der Waals surface area contributed by atoms with E-state index in [0.717, 1.165) is 34.6 Å². The first-order chi connectivity index (χ1) is 13.1. The van der Waals surface area contributed by atoms with Crippen LogP contribution in [0.25, 0.3) is 10.8 Å². The molecule has 0 bridgehead atoms. The molecule has 3 rings (SSSR count). The molecule has 0 spiro atoms. The molecule has 0 fully saturated rings. The number of carbonyl (C=O) groups is 1. The van der Waals surface area contributed by atoms with Crippen molar-refractivity contribution in [3.05, 3.63) is 59.9 Å². The Hall–Kier alpha value is -2.03. The predicted molar refractivity (Wildman–Crippen MR) is 114 cm³/mol. The Balaban J connectivity index is 1.50. The number of hydrogen-bond acceptors (Lipinski definition) is 6. The second kappa shape index (κ2) is 9.77. The second-order valence-corrected chi connectivity index (χ2v) is 8.88. The second-order valence-electron chi connectivity index (χ2n) is 6.33. The van der Waals surface area contributed by atoms with Gasteiger partial charge in [-0.1, -0.05) is 63.2 Å². The SMILES string of the molecule is CN(C)CCSSCn1cc(CNC(=O)c2cccc3ccccc23)nn1. The Labute approximate surface area is 167 Å². The van der Waals surface area contributed by atoms with Gasteiger partial charge in [0.2, 0.25) is 0 Å². The number of amides is 1. The molecular formula is C19H23N5OS2. The molecule has 0 unspecified atom stereocenters. The van der Waals surface area contributed by atoms with Crippen LogP contribution >= 0.6 is 21.6 Å². The lowest BCUT2D eigenvalue weighted by Gasteiger charge is -2.07. The van der Waals surface area contributed by atoms with Gasteiger partial charge < -0.3 is 10.2 Å². The van der Waals surface area contributed by atoms with Gasteiger partial charge in [0.25, 0.3) is 5.91 Å². The molecular weight excluding hydrogens is 378 g/mol. The van der Waals surface area contributed by atoms with Gasteiger partial charge in [-0.15, -0.1) is 5.10 Å². The smallest absolute Gasteiger partial charge is 0.252 e. The van der Waals surface area contributed by atoms with E-state index in [1.54, 1.807) is 15.5 Å². The largest absolute Gasteiger partial charge is 0.346 e. The summed E-state index contributed by atoms with van der Waals surface area (Å²) in [5, 5.41) is 13.2. The number of rotatable bonds is 9. The molecule has 3 aromatic rings. The summed E-state index contributed by atoms with van der Waals surface area (Å²) >= 11 is 0. The number of benzene rings is 2. The highest BCUT2D eigenvalue weighted by Gasteiger charge is 2.10. The Kier molecular flexibility index (Phi) is 7.14. The average Bonchev–Trinajstić information content (AvgIpc) is 3.13. The van der Waals surface area contributed by atoms with Crippen molar-refractivity contribution in [2.24, 2.45) is 0 Å². The first kappa shape index (κ1) is 19.7. The molecule has 142 valence electrons. The predicted octanol–water partition coefficient (Wildman–Crippen LogP) is 3.26. The van der Waals surface area contributed by atoms with Gasteiger partial charge in [0.05, 0.1) is 18.6 Å². The van der Waals surface area contributed by atoms with Crippen LogP contribution in [0.5, 0.6) is 0 Å². The van der Waals surface area contributed by atoms with Crippen LogP contribution in [0.1, 0.15) is 16.1 Å². The Bertz CT molecular complexity index is 891. The topological polar surface area (TPSA) is 63.0 Å². The number of nitrogens with one attached hydrogen (secondary N) is 1. The van der Waals surface area contributed by atoms with Crippen LogP contribution in [0, 0.1) is 0 Å². The summed E-state index contributed by atoms with van der Waals surface area (Å²) in [5.41, 5.74) is 1.43. The lowest BCUT2D eigenvalue weighted by atomic mass is 10.0. The van der Waals surface area contributed by atoms with Crippen LogP contribution in [-0.4, -0.2) is 52.2 Å². The van der Waals surface area contributed by atoms with Crippen LogP contribution in [0.4, 0.5) is 0 Å². The van der Waals surface area contributed by atoms with Crippen LogP contribution in [0.2, 0.25) is 0 Å². The third-order valence-electron chi connectivity index (χ3n) is 3.94. The van der Waals surface area contributed by atoms with Crippen molar-refractivity contribution in [3.63, 3.8) is 0 Å². The van der Waals surface area contributed by atoms with Crippen LogP contribution in [0.15, 0.2) is 48.7 Å². The first-order valence-electron chi connectivity index (χ1n) is 8.67. The molecule has 6 nitrogen and oxygen atoms in total. The fraction of sp³-hybridized carbons (Fsp3) is 0.316. The molecule has 1 N–H and O–H groups in total. The Morgan fingerprint density at radius 2 is 1.96 bits per heavy atom. The van der Waals surface area contributed by atoms with Crippen molar-refractivity contribution in [2.45, 2.75) is 12.4 Å². The van der Waals surface area contributed by atoms with Crippen LogP contribution in [0.3, 0.4) is 0 Å². The monoisotopic (exact) mass is 401 g/mol. The minimum atomic E-state index is -0.102. The van der Waals surface area contributed by atoms with E-state index in [1.165, 1.54) is 0 Å². The summed E-state index contributed by atoms with van der Waals surface area (Å²) in [5.74, 6) is 1.71. The lowest BCUT2D eigenvalue weighted by molar-refractivity contribution is 0.0952. The van der Waals surface area contributed by atoms with Gasteiger partial charge in [0.15, 0.2) is 0 Å². The molecule has 1 aromatic heterocycles. The van der Waals surface area contributed by atoms with Gasteiger partial charge in [-0.25, -0.2) is 4.68 Å². The molecule has 0 aliphatic rings. The number of fused-ring (bicyclic) bond motifs is 1. The summed E-state index contributed by atoms with van der Waals surface area (Å²) in [7, 11) is 7.71. The zero-order valence-corrected chi connectivity index (χ0v) is 17.1. The molecule has 1 heterocycles. The van der Waals surface area contributed by atoms with E-state index < -0.39 is 0 Å². The van der Waals surface area contributed by atoms with Crippen LogP contribution < -0.4 is 5.32 Å². The van der Waals surface area contributed by atoms with E-state index in [4.69, 9.17) is 0 Å². The maximum Gasteiger partial charge on any atom is 0.252 e. The molecule has 2 aromatic carbocycles. The molecule has 8 heteroatoms. The van der Waals surface area contributed by atoms with E-state index in [0.29, 0.717) is 12.1 Å². The van der Waals surface area contributed by atoms with Gasteiger partial charge in [-0.3, -0.25) is 4.79 Å². The van der Waals surface area contributed by atoms with Crippen molar-refractivity contribution in [1.29, 1.82) is 0 Å². The van der Waals surface area contributed by atoms with E-state index in [2.05, 4.69) is 34.6 Å². The molecule has 0 aliphatic carbocycles. The molecule has 0 radical (unpaired) electrons. The molecule has 0 saturated carbocycles. The molecule has 1 amide bonds. The number of carbonyl (C=O) groups excluding carboxylic acids is 1. The van der Waals surface area contributed by atoms with Gasteiger partial charge in [-0.2, -0.15) is 0 Å². The molecule has 0 aliphatic heterocycles. The number of nitrogens with zero attached hydrogens (tertiary/aromatic N) is 4.